The average Bonchev–Trinajstić information content (AvgIpc) is 3.21. The van der Waals surface area contributed by atoms with Gasteiger partial charge in [0.05, 0.1) is 0 Å². The van der Waals surface area contributed by atoms with E-state index < -0.39 is 5.97 Å². The summed E-state index contributed by atoms with van der Waals surface area (Å²) in [5, 5.41) is 11.7. The molecule has 1 aromatic rings. The van der Waals surface area contributed by atoms with E-state index in [-0.39, 0.29) is 18.6 Å². The monoisotopic (exact) mass is 291 g/mol. The van der Waals surface area contributed by atoms with Gasteiger partial charge >= 0.3 is 5.97 Å². The Labute approximate surface area is 124 Å². The lowest BCUT2D eigenvalue weighted by atomic mass is 10.0. The summed E-state index contributed by atoms with van der Waals surface area (Å²) >= 11 is 0. The van der Waals surface area contributed by atoms with Crippen LogP contribution in [0.4, 0.5) is 0 Å². The third-order valence-corrected chi connectivity index (χ3v) is 3.75. The fourth-order valence-corrected chi connectivity index (χ4v) is 2.45. The molecule has 1 saturated carbocycles. The molecular formula is C16H21NO4. The summed E-state index contributed by atoms with van der Waals surface area (Å²) in [5.41, 5.74) is 2.11. The van der Waals surface area contributed by atoms with Crippen LogP contribution in [0.1, 0.15) is 41.3 Å². The maximum atomic E-state index is 12.2. The number of amides is 1. The Bertz CT molecular complexity index is 540. The van der Waals surface area contributed by atoms with Crippen molar-refractivity contribution in [2.45, 2.75) is 39.7 Å². The second-order valence-corrected chi connectivity index (χ2v) is 5.72. The minimum absolute atomic E-state index is 0.0922. The zero-order valence-electron chi connectivity index (χ0n) is 12.6. The minimum Gasteiger partial charge on any atom is -0.481 e. The van der Waals surface area contributed by atoms with Gasteiger partial charge in [-0.25, -0.2) is 4.79 Å². The Kier molecular flexibility index (Phi) is 4.50. The van der Waals surface area contributed by atoms with Gasteiger partial charge in [0.25, 0.3) is 5.91 Å². The van der Waals surface area contributed by atoms with Crippen molar-refractivity contribution in [3.63, 3.8) is 0 Å². The highest BCUT2D eigenvalue weighted by Gasteiger charge is 2.29. The lowest BCUT2D eigenvalue weighted by Gasteiger charge is -2.15. The molecule has 2 rings (SSSR count). The van der Waals surface area contributed by atoms with Crippen LogP contribution >= 0.6 is 0 Å². The first-order valence-electron chi connectivity index (χ1n) is 7.15. The molecule has 114 valence electrons. The van der Waals surface area contributed by atoms with Crippen LogP contribution in [0, 0.1) is 19.8 Å². The van der Waals surface area contributed by atoms with Gasteiger partial charge in [-0.3, -0.25) is 4.79 Å². The van der Waals surface area contributed by atoms with Crippen molar-refractivity contribution in [3.05, 3.63) is 28.8 Å². The van der Waals surface area contributed by atoms with Crippen molar-refractivity contribution < 1.29 is 19.4 Å². The van der Waals surface area contributed by atoms with Gasteiger partial charge in [-0.1, -0.05) is 0 Å². The molecule has 2 N–H and O–H groups in total. The molecular weight excluding hydrogens is 270 g/mol. The Morgan fingerprint density at radius 3 is 2.38 bits per heavy atom. The fourth-order valence-electron chi connectivity index (χ4n) is 2.45. The maximum Gasteiger partial charge on any atom is 0.341 e. The number of carbonyl (C=O) groups excluding carboxylic acids is 1. The van der Waals surface area contributed by atoms with Gasteiger partial charge < -0.3 is 15.2 Å². The number of ether oxygens (including phenoxy) is 1. The van der Waals surface area contributed by atoms with Gasteiger partial charge in [-0.15, -0.1) is 0 Å². The van der Waals surface area contributed by atoms with Crippen molar-refractivity contribution >= 4 is 11.9 Å². The van der Waals surface area contributed by atoms with E-state index in [9.17, 15) is 9.59 Å². The molecule has 0 bridgehead atoms. The summed E-state index contributed by atoms with van der Waals surface area (Å²) in [6.07, 6.45) is 2.36. The zero-order valence-corrected chi connectivity index (χ0v) is 12.6. The van der Waals surface area contributed by atoms with E-state index in [0.29, 0.717) is 17.2 Å². The average molecular weight is 291 g/mol. The predicted molar refractivity (Wildman–Crippen MR) is 78.7 cm³/mol. The number of aryl methyl sites for hydroxylation is 2. The second-order valence-electron chi connectivity index (χ2n) is 5.72. The van der Waals surface area contributed by atoms with Crippen LogP contribution in [0.3, 0.4) is 0 Å². The third-order valence-electron chi connectivity index (χ3n) is 3.75. The molecule has 0 unspecified atom stereocenters. The third kappa shape index (κ3) is 3.97. The first-order chi connectivity index (χ1) is 9.88. The van der Waals surface area contributed by atoms with E-state index in [1.165, 1.54) is 12.8 Å². The summed E-state index contributed by atoms with van der Waals surface area (Å²) in [5.74, 6) is 0.0257. The molecule has 0 radical (unpaired) electrons. The molecule has 1 fully saturated rings. The highest BCUT2D eigenvalue weighted by atomic mass is 16.5. The molecule has 5 heteroatoms. The van der Waals surface area contributed by atoms with E-state index >= 15 is 0 Å². The van der Waals surface area contributed by atoms with Crippen LogP contribution in [0.5, 0.6) is 5.75 Å². The van der Waals surface area contributed by atoms with E-state index in [4.69, 9.17) is 9.84 Å². The molecule has 21 heavy (non-hydrogen) atoms. The number of nitrogens with one attached hydrogen (secondary N) is 1. The van der Waals surface area contributed by atoms with Crippen molar-refractivity contribution in [2.24, 2.45) is 5.92 Å². The van der Waals surface area contributed by atoms with E-state index in [1.807, 2.05) is 20.8 Å². The topological polar surface area (TPSA) is 75.6 Å². The van der Waals surface area contributed by atoms with Crippen LogP contribution in [-0.2, 0) is 4.79 Å². The Morgan fingerprint density at radius 2 is 1.90 bits per heavy atom. The predicted octanol–water partition coefficient (Wildman–Crippen LogP) is 2.30. The van der Waals surface area contributed by atoms with Crippen LogP contribution in [0.15, 0.2) is 12.1 Å². The number of benzene rings is 1. The first kappa shape index (κ1) is 15.4. The molecule has 0 saturated heterocycles. The van der Waals surface area contributed by atoms with E-state index in [0.717, 1.165) is 11.1 Å². The lowest BCUT2D eigenvalue weighted by Crippen LogP contribution is -2.34. The smallest absolute Gasteiger partial charge is 0.341 e. The van der Waals surface area contributed by atoms with Gasteiger partial charge in [-0.2, -0.15) is 0 Å². The Hall–Kier alpha value is -2.04. The second kappa shape index (κ2) is 6.16. The van der Waals surface area contributed by atoms with E-state index in [2.05, 4.69) is 5.32 Å². The SMILES string of the molecule is Cc1cc(C(=O)N[C@H](C)C2CC2)cc(C)c1OCC(=O)O. The van der Waals surface area contributed by atoms with Crippen LogP contribution in [0.2, 0.25) is 0 Å². The molecule has 0 aliphatic heterocycles. The molecule has 1 amide bonds. The highest BCUT2D eigenvalue weighted by molar-refractivity contribution is 5.95. The summed E-state index contributed by atoms with van der Waals surface area (Å²) in [4.78, 5) is 22.8. The Morgan fingerprint density at radius 1 is 1.33 bits per heavy atom. The number of carbonyl (C=O) groups is 2. The standard InChI is InChI=1S/C16H21NO4/c1-9-6-13(16(20)17-11(3)12-4-5-12)7-10(2)15(9)21-8-14(18)19/h6-7,11-12H,4-5,8H2,1-3H3,(H,17,20)(H,18,19)/t11-/m1/s1. The normalized spacial score (nSPS) is 15.4. The fraction of sp³-hybridized carbons (Fsp3) is 0.500. The number of hydrogen-bond acceptors (Lipinski definition) is 3. The number of carboxylic acid groups (broad SMARTS) is 1. The van der Waals surface area contributed by atoms with Crippen LogP contribution in [0.25, 0.3) is 0 Å². The van der Waals surface area contributed by atoms with Crippen molar-refractivity contribution in [1.82, 2.24) is 5.32 Å². The summed E-state index contributed by atoms with van der Waals surface area (Å²) < 4.78 is 5.26. The zero-order chi connectivity index (χ0) is 15.6. The molecule has 0 heterocycles. The lowest BCUT2D eigenvalue weighted by molar-refractivity contribution is -0.139. The number of rotatable bonds is 6. The number of carboxylic acids is 1. The van der Waals surface area contributed by atoms with Crippen LogP contribution in [-0.4, -0.2) is 29.6 Å². The van der Waals surface area contributed by atoms with Gasteiger partial charge in [0.15, 0.2) is 6.61 Å². The van der Waals surface area contributed by atoms with Crippen molar-refractivity contribution in [2.75, 3.05) is 6.61 Å². The molecule has 1 aliphatic rings. The van der Waals surface area contributed by atoms with Gasteiger partial charge in [0.1, 0.15) is 5.75 Å². The summed E-state index contributed by atoms with van der Waals surface area (Å²) in [6, 6.07) is 3.67. The maximum absolute atomic E-state index is 12.2. The molecule has 5 nitrogen and oxygen atoms in total. The van der Waals surface area contributed by atoms with Crippen LogP contribution < -0.4 is 10.1 Å². The molecule has 0 spiro atoms. The van der Waals surface area contributed by atoms with Gasteiger partial charge in [0, 0.05) is 11.6 Å². The highest BCUT2D eigenvalue weighted by Crippen LogP contribution is 2.32. The number of aliphatic carboxylic acids is 1. The van der Waals surface area contributed by atoms with E-state index in [1.54, 1.807) is 12.1 Å². The first-order valence-corrected chi connectivity index (χ1v) is 7.15. The number of hydrogen-bond donors (Lipinski definition) is 2. The van der Waals surface area contributed by atoms with Gasteiger partial charge in [-0.05, 0) is 62.8 Å². The summed E-state index contributed by atoms with van der Waals surface area (Å²) in [6.45, 7) is 5.27. The van der Waals surface area contributed by atoms with Crippen molar-refractivity contribution in [3.8, 4) is 5.75 Å². The minimum atomic E-state index is -1.02. The largest absolute Gasteiger partial charge is 0.481 e. The molecule has 0 aromatic heterocycles. The van der Waals surface area contributed by atoms with Crippen molar-refractivity contribution in [1.29, 1.82) is 0 Å². The molecule has 1 aromatic carbocycles. The summed E-state index contributed by atoms with van der Waals surface area (Å²) in [7, 11) is 0. The quantitative estimate of drug-likeness (QED) is 0.843. The molecule has 1 aliphatic carbocycles. The molecule has 1 atom stereocenters. The Balaban J connectivity index is 2.10. The van der Waals surface area contributed by atoms with Gasteiger partial charge in [0.2, 0.25) is 0 Å².